The van der Waals surface area contributed by atoms with Gasteiger partial charge in [0.1, 0.15) is 18.1 Å². The van der Waals surface area contributed by atoms with Gasteiger partial charge in [-0.1, -0.05) is 30.3 Å². The van der Waals surface area contributed by atoms with E-state index in [-0.39, 0.29) is 19.4 Å². The van der Waals surface area contributed by atoms with Crippen LogP contribution in [0.3, 0.4) is 0 Å². The van der Waals surface area contributed by atoms with Crippen molar-refractivity contribution in [1.29, 1.82) is 0 Å². The maximum Gasteiger partial charge on any atom is 0.326 e. The van der Waals surface area contributed by atoms with E-state index in [0.717, 1.165) is 0 Å². The Morgan fingerprint density at radius 1 is 0.848 bits per heavy atom. The molecule has 0 bridgehead atoms. The number of benzene rings is 1. The Balaban J connectivity index is 3.06. The Kier molecular flexibility index (Phi) is 12.1. The number of hydrogen-bond donors (Lipinski definition) is 7. The standard InChI is InChI=1S/C21H32N6O6/c22-9-5-4-8-14(25-18(29)12-23)19(30)26-15(10-13-6-2-1-3-7-13)20(31)27-16(21(32)33)11-17(24)28/h1-3,6-7,14-16H,4-5,8-12,22-23H2,(H2,24,28)(H,25,29)(H,26,30)(H,27,31)(H,32,33). The molecule has 4 amide bonds. The van der Waals surface area contributed by atoms with E-state index in [4.69, 9.17) is 17.2 Å². The molecule has 0 saturated heterocycles. The fourth-order valence-electron chi connectivity index (χ4n) is 3.02. The third kappa shape index (κ3) is 10.6. The molecule has 12 nitrogen and oxygen atoms in total. The molecule has 3 atom stereocenters. The number of carboxylic acid groups (broad SMARTS) is 1. The third-order valence-corrected chi connectivity index (χ3v) is 4.72. The van der Waals surface area contributed by atoms with Crippen molar-refractivity contribution in [2.75, 3.05) is 13.1 Å². The van der Waals surface area contributed by atoms with Crippen LogP contribution in [-0.4, -0.2) is 65.9 Å². The van der Waals surface area contributed by atoms with Crippen molar-refractivity contribution in [3.63, 3.8) is 0 Å². The lowest BCUT2D eigenvalue weighted by atomic mass is 10.0. The lowest BCUT2D eigenvalue weighted by Crippen LogP contribution is -2.57. The van der Waals surface area contributed by atoms with Gasteiger partial charge in [-0.2, -0.15) is 0 Å². The number of primary amides is 1. The smallest absolute Gasteiger partial charge is 0.326 e. The maximum absolute atomic E-state index is 12.9. The summed E-state index contributed by atoms with van der Waals surface area (Å²) in [5, 5.41) is 16.6. The lowest BCUT2D eigenvalue weighted by molar-refractivity contribution is -0.143. The second-order valence-corrected chi connectivity index (χ2v) is 7.43. The van der Waals surface area contributed by atoms with Crippen molar-refractivity contribution in [3.05, 3.63) is 35.9 Å². The predicted molar refractivity (Wildman–Crippen MR) is 119 cm³/mol. The van der Waals surface area contributed by atoms with E-state index in [2.05, 4.69) is 16.0 Å². The normalized spacial score (nSPS) is 13.3. The summed E-state index contributed by atoms with van der Waals surface area (Å²) in [7, 11) is 0. The van der Waals surface area contributed by atoms with Crippen molar-refractivity contribution >= 4 is 29.6 Å². The summed E-state index contributed by atoms with van der Waals surface area (Å²) in [6.07, 6.45) is 0.884. The van der Waals surface area contributed by atoms with Gasteiger partial charge >= 0.3 is 5.97 Å². The molecule has 12 heteroatoms. The fourth-order valence-corrected chi connectivity index (χ4v) is 3.02. The largest absolute Gasteiger partial charge is 0.480 e. The second-order valence-electron chi connectivity index (χ2n) is 7.43. The zero-order valence-corrected chi connectivity index (χ0v) is 18.3. The number of carboxylic acids is 1. The molecule has 0 saturated carbocycles. The van der Waals surface area contributed by atoms with Gasteiger partial charge in [-0.05, 0) is 31.4 Å². The average molecular weight is 465 g/mol. The monoisotopic (exact) mass is 464 g/mol. The summed E-state index contributed by atoms with van der Waals surface area (Å²) in [5.74, 6) is -4.34. The van der Waals surface area contributed by atoms with Crippen LogP contribution >= 0.6 is 0 Å². The summed E-state index contributed by atoms with van der Waals surface area (Å²) in [6.45, 7) is 0.0939. The van der Waals surface area contributed by atoms with E-state index in [0.29, 0.717) is 24.9 Å². The molecule has 182 valence electrons. The number of carbonyl (C=O) groups is 5. The van der Waals surface area contributed by atoms with Crippen molar-refractivity contribution < 1.29 is 29.1 Å². The molecule has 0 aliphatic carbocycles. The first kappa shape index (κ1) is 27.5. The summed E-state index contributed by atoms with van der Waals surface area (Å²) in [5.41, 5.74) is 16.6. The van der Waals surface area contributed by atoms with Gasteiger partial charge < -0.3 is 38.3 Å². The van der Waals surface area contributed by atoms with Crippen LogP contribution in [0.25, 0.3) is 0 Å². The molecular weight excluding hydrogens is 432 g/mol. The summed E-state index contributed by atoms with van der Waals surface area (Å²) in [4.78, 5) is 60.1. The van der Waals surface area contributed by atoms with Crippen molar-refractivity contribution in [2.24, 2.45) is 17.2 Å². The molecule has 0 heterocycles. The number of rotatable bonds is 15. The Morgan fingerprint density at radius 2 is 1.45 bits per heavy atom. The molecule has 0 radical (unpaired) electrons. The topological polar surface area (TPSA) is 220 Å². The fraction of sp³-hybridized carbons (Fsp3) is 0.476. The molecule has 0 aromatic heterocycles. The molecule has 0 aliphatic heterocycles. The van der Waals surface area contributed by atoms with Crippen LogP contribution in [0.15, 0.2) is 30.3 Å². The highest BCUT2D eigenvalue weighted by atomic mass is 16.4. The van der Waals surface area contributed by atoms with E-state index < -0.39 is 54.1 Å². The molecule has 1 aromatic carbocycles. The maximum atomic E-state index is 12.9. The van der Waals surface area contributed by atoms with Crippen LogP contribution in [-0.2, 0) is 30.4 Å². The third-order valence-electron chi connectivity index (χ3n) is 4.72. The Labute approximate surface area is 191 Å². The van der Waals surface area contributed by atoms with E-state index in [1.54, 1.807) is 30.3 Å². The Bertz CT molecular complexity index is 819. The first-order valence-corrected chi connectivity index (χ1v) is 10.5. The lowest BCUT2D eigenvalue weighted by Gasteiger charge is -2.24. The molecule has 3 unspecified atom stereocenters. The first-order valence-electron chi connectivity index (χ1n) is 10.5. The zero-order valence-electron chi connectivity index (χ0n) is 18.3. The SMILES string of the molecule is NCCCCC(NC(=O)CN)C(=O)NC(Cc1ccccc1)C(=O)NC(CC(N)=O)C(=O)O. The number of hydrogen-bond acceptors (Lipinski definition) is 7. The highest BCUT2D eigenvalue weighted by molar-refractivity contribution is 5.94. The first-order chi connectivity index (χ1) is 15.7. The molecule has 1 rings (SSSR count). The second kappa shape index (κ2) is 14.5. The van der Waals surface area contributed by atoms with Gasteiger partial charge in [-0.15, -0.1) is 0 Å². The van der Waals surface area contributed by atoms with Crippen LogP contribution in [0.1, 0.15) is 31.2 Å². The molecular formula is C21H32N6O6. The number of carbonyl (C=O) groups excluding carboxylic acids is 4. The number of amides is 4. The van der Waals surface area contributed by atoms with Gasteiger partial charge in [-0.25, -0.2) is 4.79 Å². The van der Waals surface area contributed by atoms with E-state index >= 15 is 0 Å². The van der Waals surface area contributed by atoms with Crippen LogP contribution in [0.5, 0.6) is 0 Å². The Hall–Kier alpha value is -3.51. The molecule has 1 aromatic rings. The van der Waals surface area contributed by atoms with Gasteiger partial charge in [0.25, 0.3) is 0 Å². The summed E-state index contributed by atoms with van der Waals surface area (Å²) >= 11 is 0. The molecule has 33 heavy (non-hydrogen) atoms. The van der Waals surface area contributed by atoms with Crippen molar-refractivity contribution in [1.82, 2.24) is 16.0 Å². The molecule has 0 aliphatic rings. The quantitative estimate of drug-likeness (QED) is 0.140. The number of aliphatic carboxylic acids is 1. The Morgan fingerprint density at radius 3 is 2.00 bits per heavy atom. The predicted octanol–water partition coefficient (Wildman–Crippen LogP) is -2.27. The number of nitrogens with two attached hydrogens (primary N) is 3. The van der Waals surface area contributed by atoms with Gasteiger partial charge in [-0.3, -0.25) is 19.2 Å². The minimum absolute atomic E-state index is 0.0433. The highest BCUT2D eigenvalue weighted by Gasteiger charge is 2.30. The van der Waals surface area contributed by atoms with Gasteiger partial charge in [0.15, 0.2) is 0 Å². The van der Waals surface area contributed by atoms with Crippen molar-refractivity contribution in [2.45, 2.75) is 50.2 Å². The van der Waals surface area contributed by atoms with Crippen LogP contribution in [0.4, 0.5) is 0 Å². The van der Waals surface area contributed by atoms with Gasteiger partial charge in [0.2, 0.25) is 23.6 Å². The highest BCUT2D eigenvalue weighted by Crippen LogP contribution is 2.07. The number of unbranched alkanes of at least 4 members (excludes halogenated alkanes) is 1. The summed E-state index contributed by atoms with van der Waals surface area (Å²) in [6, 6.07) is 5.05. The summed E-state index contributed by atoms with van der Waals surface area (Å²) < 4.78 is 0. The minimum atomic E-state index is -1.55. The average Bonchev–Trinajstić information content (AvgIpc) is 2.77. The minimum Gasteiger partial charge on any atom is -0.480 e. The van der Waals surface area contributed by atoms with Gasteiger partial charge in [0.05, 0.1) is 13.0 Å². The zero-order chi connectivity index (χ0) is 24.8. The van der Waals surface area contributed by atoms with E-state index in [9.17, 15) is 29.1 Å². The van der Waals surface area contributed by atoms with Crippen LogP contribution < -0.4 is 33.2 Å². The van der Waals surface area contributed by atoms with Gasteiger partial charge in [0, 0.05) is 6.42 Å². The molecule has 0 fully saturated rings. The number of nitrogens with one attached hydrogen (secondary N) is 3. The van der Waals surface area contributed by atoms with Crippen LogP contribution in [0, 0.1) is 0 Å². The molecule has 0 spiro atoms. The molecule has 10 N–H and O–H groups in total. The van der Waals surface area contributed by atoms with E-state index in [1.165, 1.54) is 0 Å². The van der Waals surface area contributed by atoms with Crippen molar-refractivity contribution in [3.8, 4) is 0 Å². The van der Waals surface area contributed by atoms with E-state index in [1.807, 2.05) is 0 Å². The van der Waals surface area contributed by atoms with Crippen LogP contribution in [0.2, 0.25) is 0 Å².